The Morgan fingerprint density at radius 3 is 3.00 bits per heavy atom. The van der Waals surface area contributed by atoms with Gasteiger partial charge in [-0.1, -0.05) is 28.0 Å². The Labute approximate surface area is 87.6 Å². The first-order chi connectivity index (χ1) is 6.33. The molecule has 0 spiro atoms. The van der Waals surface area contributed by atoms with Crippen molar-refractivity contribution in [1.29, 1.82) is 0 Å². The van der Waals surface area contributed by atoms with Crippen molar-refractivity contribution in [2.75, 3.05) is 12.9 Å². The first-order valence-electron chi connectivity index (χ1n) is 4.68. The van der Waals surface area contributed by atoms with Gasteiger partial charge in [0.25, 0.3) is 0 Å². The van der Waals surface area contributed by atoms with Gasteiger partial charge in [0.05, 0.1) is 7.11 Å². The molecule has 1 atom stereocenters. The average Bonchev–Trinajstić information content (AvgIpc) is 2.64. The van der Waals surface area contributed by atoms with Crippen LogP contribution in [0, 0.1) is 0 Å². The van der Waals surface area contributed by atoms with E-state index in [2.05, 4.69) is 4.74 Å². The van der Waals surface area contributed by atoms with Gasteiger partial charge in [-0.15, -0.1) is 0 Å². The van der Waals surface area contributed by atoms with Crippen LogP contribution in [0.5, 0.6) is 0 Å². The summed E-state index contributed by atoms with van der Waals surface area (Å²) in [4.78, 5) is 10.8. The van der Waals surface area contributed by atoms with Crippen LogP contribution in [0.4, 0.5) is 0 Å². The fraction of sp³-hybridized carbons (Fsp3) is 0.889. The predicted molar refractivity (Wildman–Crippen MR) is 58.9 cm³/mol. The summed E-state index contributed by atoms with van der Waals surface area (Å²) in [5.41, 5.74) is 0. The monoisotopic (exact) mass is 220 g/mol. The lowest BCUT2D eigenvalue weighted by Crippen LogP contribution is -2.01. The van der Waals surface area contributed by atoms with Crippen LogP contribution in [0.15, 0.2) is 0 Å². The van der Waals surface area contributed by atoms with Crippen molar-refractivity contribution in [3.8, 4) is 0 Å². The van der Waals surface area contributed by atoms with E-state index >= 15 is 0 Å². The first kappa shape index (κ1) is 11.2. The zero-order valence-corrected chi connectivity index (χ0v) is 9.59. The number of hydrogen-bond donors (Lipinski definition) is 0. The molecule has 1 heterocycles. The van der Waals surface area contributed by atoms with Crippen LogP contribution in [-0.2, 0) is 9.53 Å². The Bertz CT molecular complexity index is 156. The van der Waals surface area contributed by atoms with Crippen LogP contribution in [-0.4, -0.2) is 24.1 Å². The molecule has 0 saturated carbocycles. The van der Waals surface area contributed by atoms with Crippen molar-refractivity contribution in [1.82, 2.24) is 0 Å². The maximum absolute atomic E-state index is 10.8. The molecule has 0 bridgehead atoms. The maximum Gasteiger partial charge on any atom is 0.305 e. The second kappa shape index (κ2) is 6.60. The molecule has 0 N–H and O–H groups in total. The van der Waals surface area contributed by atoms with Crippen LogP contribution in [0.1, 0.15) is 32.1 Å². The highest BCUT2D eigenvalue weighted by molar-refractivity contribution is 8.77. The van der Waals surface area contributed by atoms with E-state index in [-0.39, 0.29) is 5.97 Å². The lowest BCUT2D eigenvalue weighted by molar-refractivity contribution is -0.140. The molecule has 0 unspecified atom stereocenters. The van der Waals surface area contributed by atoms with Crippen molar-refractivity contribution in [2.24, 2.45) is 0 Å². The summed E-state index contributed by atoms with van der Waals surface area (Å²) in [5, 5.41) is 0.836. The third kappa shape index (κ3) is 4.81. The summed E-state index contributed by atoms with van der Waals surface area (Å²) >= 11 is 0. The minimum Gasteiger partial charge on any atom is -0.469 e. The number of carbonyl (C=O) groups excluding carboxylic acids is 1. The summed E-state index contributed by atoms with van der Waals surface area (Å²) in [6.45, 7) is 0. The molecule has 0 amide bonds. The number of unbranched alkanes of at least 4 members (excludes halogenated alkanes) is 1. The molecule has 1 fully saturated rings. The Morgan fingerprint density at radius 1 is 1.54 bits per heavy atom. The van der Waals surface area contributed by atoms with E-state index in [1.165, 1.54) is 25.7 Å². The highest BCUT2D eigenvalue weighted by atomic mass is 33.1. The molecule has 4 heteroatoms. The lowest BCUT2D eigenvalue weighted by Gasteiger charge is -2.05. The molecule has 0 aromatic heterocycles. The van der Waals surface area contributed by atoms with E-state index in [9.17, 15) is 4.79 Å². The third-order valence-electron chi connectivity index (χ3n) is 2.11. The minimum atomic E-state index is -0.0755. The predicted octanol–water partition coefficient (Wildman–Crippen LogP) is 2.87. The van der Waals surface area contributed by atoms with Gasteiger partial charge in [-0.05, 0) is 19.3 Å². The second-order valence-electron chi connectivity index (χ2n) is 3.15. The van der Waals surface area contributed by atoms with Crippen LogP contribution in [0.3, 0.4) is 0 Å². The van der Waals surface area contributed by atoms with Gasteiger partial charge < -0.3 is 4.74 Å². The molecule has 0 aliphatic carbocycles. The summed E-state index contributed by atoms with van der Waals surface area (Å²) in [7, 11) is 5.43. The molecular weight excluding hydrogens is 204 g/mol. The second-order valence-corrected chi connectivity index (χ2v) is 5.94. The number of rotatable bonds is 5. The van der Waals surface area contributed by atoms with Gasteiger partial charge in [0.15, 0.2) is 0 Å². The van der Waals surface area contributed by atoms with E-state index < -0.39 is 0 Å². The van der Waals surface area contributed by atoms with Gasteiger partial charge in [0.2, 0.25) is 0 Å². The number of carbonyl (C=O) groups is 1. The molecule has 1 aliphatic rings. The van der Waals surface area contributed by atoms with E-state index in [0.29, 0.717) is 6.42 Å². The normalized spacial score (nSPS) is 21.8. The van der Waals surface area contributed by atoms with Crippen LogP contribution in [0.25, 0.3) is 0 Å². The maximum atomic E-state index is 10.8. The third-order valence-corrected chi connectivity index (χ3v) is 5.12. The molecule has 1 rings (SSSR count). The molecule has 0 aromatic carbocycles. The highest BCUT2D eigenvalue weighted by Gasteiger charge is 2.15. The Balaban J connectivity index is 1.91. The van der Waals surface area contributed by atoms with Gasteiger partial charge in [-0.2, -0.15) is 0 Å². The average molecular weight is 220 g/mol. The number of methoxy groups -OCH3 is 1. The van der Waals surface area contributed by atoms with Crippen molar-refractivity contribution < 1.29 is 9.53 Å². The minimum absolute atomic E-state index is 0.0755. The molecule has 2 nitrogen and oxygen atoms in total. The standard InChI is InChI=1S/C9H16O2S2/c1-11-9(10)5-3-2-4-8-6-7-12-13-8/h8H,2-7H2,1H3/t8-/m1/s1. The zero-order valence-electron chi connectivity index (χ0n) is 7.95. The number of hydrogen-bond acceptors (Lipinski definition) is 4. The van der Waals surface area contributed by atoms with Crippen LogP contribution >= 0.6 is 21.6 Å². The molecule has 0 aromatic rings. The number of ether oxygens (including phenoxy) is 1. The Morgan fingerprint density at radius 2 is 2.38 bits per heavy atom. The SMILES string of the molecule is COC(=O)CCCC[C@@H]1CCSS1. The fourth-order valence-electron chi connectivity index (χ4n) is 1.31. The smallest absolute Gasteiger partial charge is 0.305 e. The van der Waals surface area contributed by atoms with Crippen LogP contribution < -0.4 is 0 Å². The summed E-state index contributed by atoms with van der Waals surface area (Å²) in [6, 6.07) is 0. The molecule has 0 radical (unpaired) electrons. The van der Waals surface area contributed by atoms with Gasteiger partial charge in [-0.3, -0.25) is 4.79 Å². The van der Waals surface area contributed by atoms with E-state index in [1.807, 2.05) is 21.6 Å². The van der Waals surface area contributed by atoms with Gasteiger partial charge in [0, 0.05) is 17.4 Å². The zero-order chi connectivity index (χ0) is 9.52. The largest absolute Gasteiger partial charge is 0.469 e. The molecule has 1 saturated heterocycles. The van der Waals surface area contributed by atoms with Crippen LogP contribution in [0.2, 0.25) is 0 Å². The molecule has 76 valence electrons. The fourth-order valence-corrected chi connectivity index (χ4v) is 4.34. The van der Waals surface area contributed by atoms with Crippen molar-refractivity contribution >= 4 is 27.6 Å². The Kier molecular flexibility index (Phi) is 5.71. The van der Waals surface area contributed by atoms with Crippen molar-refractivity contribution in [3.63, 3.8) is 0 Å². The lowest BCUT2D eigenvalue weighted by atomic mass is 10.1. The van der Waals surface area contributed by atoms with Gasteiger partial charge in [-0.25, -0.2) is 0 Å². The van der Waals surface area contributed by atoms with Gasteiger partial charge in [0.1, 0.15) is 0 Å². The summed E-state index contributed by atoms with van der Waals surface area (Å²) in [5.74, 6) is 1.22. The van der Waals surface area contributed by atoms with E-state index in [1.54, 1.807) is 0 Å². The first-order valence-corrected chi connectivity index (χ1v) is 7.06. The topological polar surface area (TPSA) is 26.3 Å². The molecular formula is C9H16O2S2. The summed E-state index contributed by atoms with van der Waals surface area (Å²) < 4.78 is 4.57. The summed E-state index contributed by atoms with van der Waals surface area (Å²) in [6.07, 6.45) is 5.32. The molecule has 1 aliphatic heterocycles. The number of esters is 1. The molecule has 13 heavy (non-hydrogen) atoms. The van der Waals surface area contributed by atoms with Crippen molar-refractivity contribution in [3.05, 3.63) is 0 Å². The highest BCUT2D eigenvalue weighted by Crippen LogP contribution is 2.39. The van der Waals surface area contributed by atoms with E-state index in [4.69, 9.17) is 0 Å². The van der Waals surface area contributed by atoms with Crippen molar-refractivity contribution in [2.45, 2.75) is 37.4 Å². The van der Waals surface area contributed by atoms with E-state index in [0.717, 1.165) is 18.1 Å². The Hall–Kier alpha value is 0.170. The quantitative estimate of drug-likeness (QED) is 0.404. The van der Waals surface area contributed by atoms with Gasteiger partial charge >= 0.3 is 5.97 Å².